The third-order valence-corrected chi connectivity index (χ3v) is 0. The Kier molecular flexibility index (Phi) is 3.46. The summed E-state index contributed by atoms with van der Waals surface area (Å²) in [4.78, 5) is 0. The minimum atomic E-state index is -11.2. The average Bonchev–Trinajstić information content (AvgIpc) is 1.04. The third-order valence-electron chi connectivity index (χ3n) is 0. The molecule has 0 nitrogen and oxygen atoms in total. The van der Waals surface area contributed by atoms with E-state index < -0.39 is 25.0 Å². The summed E-state index contributed by atoms with van der Waals surface area (Å²) >= 11 is -9.83. The number of alkyl halides is 3. The van der Waals surface area contributed by atoms with Crippen LogP contribution in [0.3, 0.4) is 0 Å². The Morgan fingerprint density at radius 1 is 0.750 bits per heavy atom. The number of halogens is 9. The summed E-state index contributed by atoms with van der Waals surface area (Å²) in [7, 11) is 0. The monoisotopic (exact) mass is 338 g/mol. The van der Waals surface area contributed by atoms with Crippen molar-refractivity contribution in [2.75, 3.05) is 0 Å². The molecule has 0 atom stereocenters. The molecule has 11 heteroatoms. The zero-order valence-corrected chi connectivity index (χ0v) is 8.40. The zero-order chi connectivity index (χ0) is 10.9. The quantitative estimate of drug-likeness (QED) is 0.362. The standard InChI is InChI=1S/CHF3S.6FH.Sb/c2-1(3,4)5;;;;;;;/h5H;6*1H;/q;;;;;;;+5/p-5. The van der Waals surface area contributed by atoms with Crippen molar-refractivity contribution >= 4 is 32.1 Å². The molecular formula is CH2F9SSb. The molecule has 0 aliphatic heterocycles. The summed E-state index contributed by atoms with van der Waals surface area (Å²) in [5.74, 6) is 0. The van der Waals surface area contributed by atoms with Gasteiger partial charge in [-0.25, -0.2) is 0 Å². The summed E-state index contributed by atoms with van der Waals surface area (Å²) in [5, 5.41) is 0. The van der Waals surface area contributed by atoms with Crippen LogP contribution in [0, 0.1) is 0 Å². The van der Waals surface area contributed by atoms with Crippen molar-refractivity contribution in [1.82, 2.24) is 0 Å². The predicted octanol–water partition coefficient (Wildman–Crippen LogP) is 2.66. The molecule has 0 aromatic rings. The third kappa shape index (κ3) is 3310. The Labute approximate surface area is 68.0 Å². The summed E-state index contributed by atoms with van der Waals surface area (Å²) in [6.45, 7) is 0. The second kappa shape index (κ2) is 2.76. The van der Waals surface area contributed by atoms with Crippen LogP contribution in [0.1, 0.15) is 0 Å². The molecule has 0 unspecified atom stereocenters. The molecule has 0 saturated heterocycles. The van der Waals surface area contributed by atoms with Crippen molar-refractivity contribution < 1.29 is 30.0 Å². The van der Waals surface area contributed by atoms with E-state index in [1.54, 1.807) is 0 Å². The van der Waals surface area contributed by atoms with Crippen molar-refractivity contribution in [3.8, 4) is 0 Å². The number of hydrogen-bond donors (Lipinski definition) is 0. The van der Waals surface area contributed by atoms with Crippen LogP contribution >= 0.6 is 0 Å². The van der Waals surface area contributed by atoms with E-state index in [2.05, 4.69) is 0 Å². The van der Waals surface area contributed by atoms with Gasteiger partial charge >= 0.3 is 41.9 Å². The second-order valence-corrected chi connectivity index (χ2v) is 7.49. The number of hydrogen-bond acceptors (Lipinski definition) is 0. The van der Waals surface area contributed by atoms with E-state index in [4.69, 9.17) is 0 Å². The van der Waals surface area contributed by atoms with Gasteiger partial charge in [0.15, 0.2) is 0 Å². The van der Waals surface area contributed by atoms with Gasteiger partial charge in [0.1, 0.15) is 0 Å². The fourth-order valence-corrected chi connectivity index (χ4v) is 0. The van der Waals surface area contributed by atoms with Crippen LogP contribution in [-0.4, -0.2) is 25.0 Å². The van der Waals surface area contributed by atoms with Crippen LogP contribution in [0.15, 0.2) is 0 Å². The Morgan fingerprint density at radius 3 is 0.750 bits per heavy atom. The fraction of sp³-hybridized carbons (Fsp3) is 1.00. The Morgan fingerprint density at radius 2 is 0.750 bits per heavy atom. The Bertz CT molecular complexity index is 125. The average molecular weight is 339 g/mol. The van der Waals surface area contributed by atoms with Crippen LogP contribution < -0.4 is 0 Å². The fourth-order valence-electron chi connectivity index (χ4n) is 0. The van der Waals surface area contributed by atoms with Crippen molar-refractivity contribution in [2.45, 2.75) is 5.51 Å². The predicted molar refractivity (Wildman–Crippen MR) is 28.6 cm³/mol. The Hall–Kier alpha value is 0.538. The summed E-state index contributed by atoms with van der Waals surface area (Å²) < 4.78 is 90.4. The van der Waals surface area contributed by atoms with E-state index in [-0.39, 0.29) is 0 Å². The molecule has 0 aromatic heterocycles. The van der Waals surface area contributed by atoms with Gasteiger partial charge in [-0.3, -0.25) is 0 Å². The molecule has 0 aliphatic carbocycles. The first-order chi connectivity index (χ1) is 4.45. The Balaban J connectivity index is 0. The van der Waals surface area contributed by atoms with Crippen molar-refractivity contribution in [3.05, 3.63) is 0 Å². The van der Waals surface area contributed by atoms with Gasteiger partial charge in [-0.2, -0.15) is 0 Å². The van der Waals surface area contributed by atoms with Gasteiger partial charge in [-0.1, -0.05) is 0 Å². The van der Waals surface area contributed by atoms with E-state index in [0.717, 1.165) is 0 Å². The first-order valence-electron chi connectivity index (χ1n) is 1.83. The van der Waals surface area contributed by atoms with E-state index in [1.807, 2.05) is 0 Å². The van der Waals surface area contributed by atoms with E-state index in [0.29, 0.717) is 0 Å². The van der Waals surface area contributed by atoms with Gasteiger partial charge in [0.2, 0.25) is 0 Å². The van der Waals surface area contributed by atoms with Gasteiger partial charge < -0.3 is 0 Å². The molecule has 0 amide bonds. The molecule has 0 N–H and O–H groups in total. The molecule has 0 radical (unpaired) electrons. The van der Waals surface area contributed by atoms with Gasteiger partial charge in [-0.15, -0.1) is 13.2 Å². The minimum absolute atomic E-state index is 1.42. The molecule has 0 spiro atoms. The van der Waals surface area contributed by atoms with Crippen LogP contribution in [0.5, 0.6) is 0 Å². The summed E-state index contributed by atoms with van der Waals surface area (Å²) in [6.07, 6.45) is 0. The normalized spacial score (nSPS) is 18.5. The van der Waals surface area contributed by atoms with Gasteiger partial charge in [0.25, 0.3) is 0 Å². The maximum atomic E-state index is 10.3. The van der Waals surface area contributed by atoms with Gasteiger partial charge in [0.05, 0.1) is 12.6 Å². The summed E-state index contributed by atoms with van der Waals surface area (Å²) in [6, 6.07) is 0. The van der Waals surface area contributed by atoms with E-state index in [1.165, 1.54) is 12.6 Å². The van der Waals surface area contributed by atoms with E-state index in [9.17, 15) is 30.0 Å². The van der Waals surface area contributed by atoms with Crippen LogP contribution in [0.2, 0.25) is 0 Å². The maximum absolute atomic E-state index is 11.2. The van der Waals surface area contributed by atoms with Gasteiger partial charge in [-0.05, 0) is 0 Å². The first-order valence-corrected chi connectivity index (χ1v) is 8.12. The van der Waals surface area contributed by atoms with Crippen LogP contribution in [0.25, 0.3) is 0 Å². The molecule has 0 aromatic carbocycles. The summed E-state index contributed by atoms with van der Waals surface area (Å²) in [5.41, 5.74) is -4.19. The van der Waals surface area contributed by atoms with Crippen molar-refractivity contribution in [1.29, 1.82) is 0 Å². The zero-order valence-electron chi connectivity index (χ0n) is 4.85. The van der Waals surface area contributed by atoms with Gasteiger partial charge in [0, 0.05) is 0 Å². The van der Waals surface area contributed by atoms with Crippen LogP contribution in [-0.2, 0) is 12.6 Å². The topological polar surface area (TPSA) is 0 Å². The second-order valence-electron chi connectivity index (χ2n) is 1.46. The molecule has 80 valence electrons. The molecule has 0 fully saturated rings. The SMILES string of the molecule is FC(F)(F)[SH2+].[F][Sb-]([F])([F])([F])([F])[F]. The molecule has 0 heterocycles. The molecule has 0 saturated carbocycles. The molecule has 0 rings (SSSR count). The first kappa shape index (κ1) is 15.0. The number of rotatable bonds is 0. The molecule has 0 aliphatic rings. The molecular weight excluding hydrogens is 337 g/mol. The molecule has 12 heavy (non-hydrogen) atoms. The van der Waals surface area contributed by atoms with Crippen molar-refractivity contribution in [3.63, 3.8) is 0 Å². The van der Waals surface area contributed by atoms with Crippen molar-refractivity contribution in [2.24, 2.45) is 0 Å². The van der Waals surface area contributed by atoms with Crippen LogP contribution in [0.4, 0.5) is 30.0 Å². The molecule has 0 bridgehead atoms. The van der Waals surface area contributed by atoms with E-state index >= 15 is 0 Å².